The van der Waals surface area contributed by atoms with Gasteiger partial charge in [0.1, 0.15) is 11.6 Å². The van der Waals surface area contributed by atoms with Crippen LogP contribution in [-0.4, -0.2) is 20.4 Å². The number of hydrogen-bond acceptors (Lipinski definition) is 4. The van der Waals surface area contributed by atoms with E-state index >= 15 is 0 Å². The lowest BCUT2D eigenvalue weighted by molar-refractivity contribution is -0.119. The third-order valence-electron chi connectivity index (χ3n) is 3.87. The van der Waals surface area contributed by atoms with Crippen LogP contribution in [0.25, 0.3) is 5.65 Å². The Labute approximate surface area is 138 Å². The predicted octanol–water partition coefficient (Wildman–Crippen LogP) is 3.65. The molecule has 4 rings (SSSR count). The summed E-state index contributed by atoms with van der Waals surface area (Å²) in [7, 11) is 0. The molecule has 0 amide bonds. The van der Waals surface area contributed by atoms with Gasteiger partial charge in [0.15, 0.2) is 11.5 Å². The molecule has 0 bridgehead atoms. The molecule has 0 aliphatic heterocycles. The topological polar surface area (TPSA) is 59.3 Å². The Morgan fingerprint density at radius 1 is 1.26 bits per heavy atom. The molecule has 2 aromatic heterocycles. The van der Waals surface area contributed by atoms with E-state index in [0.717, 1.165) is 30.0 Å². The van der Waals surface area contributed by atoms with Crippen LogP contribution in [-0.2, 0) is 11.2 Å². The minimum atomic E-state index is 0.227. The third-order valence-corrected chi connectivity index (χ3v) is 4.10. The van der Waals surface area contributed by atoms with Gasteiger partial charge in [0.05, 0.1) is 6.42 Å². The Balaban J connectivity index is 1.64. The van der Waals surface area contributed by atoms with Gasteiger partial charge in [0.25, 0.3) is 0 Å². The Kier molecular flexibility index (Phi) is 3.50. The number of nitrogens with one attached hydrogen (secondary N) is 1. The Bertz CT molecular complexity index is 885. The first-order valence-electron chi connectivity index (χ1n) is 7.59. The zero-order chi connectivity index (χ0) is 15.8. The molecule has 3 aromatic rings. The molecule has 0 saturated heterocycles. The number of ketones is 1. The van der Waals surface area contributed by atoms with Crippen molar-refractivity contribution < 1.29 is 4.79 Å². The quantitative estimate of drug-likeness (QED) is 0.777. The highest BCUT2D eigenvalue weighted by atomic mass is 35.5. The molecule has 1 N–H and O–H groups in total. The molecule has 0 spiro atoms. The zero-order valence-corrected chi connectivity index (χ0v) is 13.1. The van der Waals surface area contributed by atoms with Crippen LogP contribution in [0, 0.1) is 5.92 Å². The summed E-state index contributed by atoms with van der Waals surface area (Å²) in [5.74, 6) is 1.82. The van der Waals surface area contributed by atoms with Gasteiger partial charge in [0.2, 0.25) is 0 Å². The fraction of sp³-hybridized carbons (Fsp3) is 0.235. The van der Waals surface area contributed by atoms with E-state index in [2.05, 4.69) is 15.4 Å². The molecule has 0 atom stereocenters. The number of anilines is 2. The lowest BCUT2D eigenvalue weighted by Crippen LogP contribution is -2.06. The van der Waals surface area contributed by atoms with Crippen LogP contribution in [0.2, 0.25) is 5.02 Å². The van der Waals surface area contributed by atoms with E-state index in [9.17, 15) is 4.79 Å². The Morgan fingerprint density at radius 3 is 2.87 bits per heavy atom. The Morgan fingerprint density at radius 2 is 2.09 bits per heavy atom. The highest BCUT2D eigenvalue weighted by Gasteiger charge is 2.30. The molecule has 23 heavy (non-hydrogen) atoms. The van der Waals surface area contributed by atoms with Crippen molar-refractivity contribution in [3.63, 3.8) is 0 Å². The number of pyridine rings is 1. The molecule has 0 radical (unpaired) electrons. The van der Waals surface area contributed by atoms with E-state index in [1.54, 1.807) is 4.52 Å². The standard InChI is InChI=1S/C17H15ClN4O/c18-12-3-1-4-13(9-12)19-16-5-2-6-17-20-15(21-22(16)17)10-14(23)11-7-8-11/h1-6,9,11,19H,7-8,10H2. The number of carbonyl (C=O) groups is 1. The van der Waals surface area contributed by atoms with Gasteiger partial charge in [-0.1, -0.05) is 23.7 Å². The molecular weight excluding hydrogens is 312 g/mol. The SMILES string of the molecule is O=C(Cc1nc2cccc(Nc3cccc(Cl)c3)n2n1)C1CC1. The van der Waals surface area contributed by atoms with Gasteiger partial charge < -0.3 is 5.32 Å². The van der Waals surface area contributed by atoms with Crippen molar-refractivity contribution in [3.8, 4) is 0 Å². The molecule has 1 aromatic carbocycles. The number of nitrogens with zero attached hydrogens (tertiary/aromatic N) is 3. The lowest BCUT2D eigenvalue weighted by Gasteiger charge is -2.07. The summed E-state index contributed by atoms with van der Waals surface area (Å²) in [6, 6.07) is 13.2. The van der Waals surface area contributed by atoms with Crippen molar-refractivity contribution >= 4 is 34.5 Å². The summed E-state index contributed by atoms with van der Waals surface area (Å²) in [5, 5.41) is 8.41. The van der Waals surface area contributed by atoms with Gasteiger partial charge in [0, 0.05) is 16.6 Å². The van der Waals surface area contributed by atoms with Crippen LogP contribution in [0.4, 0.5) is 11.5 Å². The van der Waals surface area contributed by atoms with E-state index in [-0.39, 0.29) is 11.7 Å². The van der Waals surface area contributed by atoms with Crippen LogP contribution in [0.1, 0.15) is 18.7 Å². The van der Waals surface area contributed by atoms with Crippen LogP contribution < -0.4 is 5.32 Å². The first-order chi connectivity index (χ1) is 11.2. The fourth-order valence-electron chi connectivity index (χ4n) is 2.54. The van der Waals surface area contributed by atoms with Crippen molar-refractivity contribution in [2.24, 2.45) is 5.92 Å². The maximum atomic E-state index is 11.9. The van der Waals surface area contributed by atoms with Gasteiger partial charge in [-0.3, -0.25) is 4.79 Å². The summed E-state index contributed by atoms with van der Waals surface area (Å²) in [6.45, 7) is 0. The second-order valence-electron chi connectivity index (χ2n) is 5.76. The fourth-order valence-corrected chi connectivity index (χ4v) is 2.73. The first-order valence-corrected chi connectivity index (χ1v) is 7.97. The van der Waals surface area contributed by atoms with E-state index in [1.165, 1.54) is 0 Å². The molecule has 116 valence electrons. The van der Waals surface area contributed by atoms with Crippen molar-refractivity contribution in [2.45, 2.75) is 19.3 Å². The number of Topliss-reactive ketones (excluding diaryl/α,β-unsaturated/α-hetero) is 1. The second kappa shape index (κ2) is 5.66. The van der Waals surface area contributed by atoms with Crippen LogP contribution in [0.5, 0.6) is 0 Å². The minimum absolute atomic E-state index is 0.227. The monoisotopic (exact) mass is 326 g/mol. The van der Waals surface area contributed by atoms with E-state index in [4.69, 9.17) is 11.6 Å². The molecule has 6 heteroatoms. The van der Waals surface area contributed by atoms with Crippen molar-refractivity contribution in [2.75, 3.05) is 5.32 Å². The van der Waals surface area contributed by atoms with Crippen LogP contribution in [0.3, 0.4) is 0 Å². The van der Waals surface area contributed by atoms with Crippen molar-refractivity contribution in [3.05, 3.63) is 53.3 Å². The third kappa shape index (κ3) is 3.05. The number of halogens is 1. The molecule has 1 aliphatic rings. The molecule has 1 aliphatic carbocycles. The van der Waals surface area contributed by atoms with E-state index < -0.39 is 0 Å². The van der Waals surface area contributed by atoms with Crippen LogP contribution in [0.15, 0.2) is 42.5 Å². The van der Waals surface area contributed by atoms with Gasteiger partial charge in [-0.2, -0.15) is 4.52 Å². The lowest BCUT2D eigenvalue weighted by atomic mass is 10.2. The van der Waals surface area contributed by atoms with Gasteiger partial charge in [-0.15, -0.1) is 5.10 Å². The maximum absolute atomic E-state index is 11.9. The van der Waals surface area contributed by atoms with E-state index in [0.29, 0.717) is 17.3 Å². The molecule has 5 nitrogen and oxygen atoms in total. The summed E-state index contributed by atoms with van der Waals surface area (Å²) in [6.07, 6.45) is 2.32. The minimum Gasteiger partial charge on any atom is -0.340 e. The number of benzene rings is 1. The summed E-state index contributed by atoms with van der Waals surface area (Å²) < 4.78 is 1.72. The summed E-state index contributed by atoms with van der Waals surface area (Å²) in [4.78, 5) is 16.4. The summed E-state index contributed by atoms with van der Waals surface area (Å²) in [5.41, 5.74) is 1.59. The average Bonchev–Trinajstić information content (AvgIpc) is 3.29. The zero-order valence-electron chi connectivity index (χ0n) is 12.4. The first kappa shape index (κ1) is 14.2. The van der Waals surface area contributed by atoms with Gasteiger partial charge >= 0.3 is 0 Å². The highest BCUT2D eigenvalue weighted by molar-refractivity contribution is 6.30. The largest absolute Gasteiger partial charge is 0.340 e. The normalized spacial score (nSPS) is 14.1. The molecule has 1 saturated carbocycles. The summed E-state index contributed by atoms with van der Waals surface area (Å²) >= 11 is 6.01. The molecule has 2 heterocycles. The number of rotatable bonds is 5. The average molecular weight is 327 g/mol. The Hall–Kier alpha value is -2.40. The predicted molar refractivity (Wildman–Crippen MR) is 89.2 cm³/mol. The van der Waals surface area contributed by atoms with Crippen molar-refractivity contribution in [1.29, 1.82) is 0 Å². The van der Waals surface area contributed by atoms with Crippen molar-refractivity contribution in [1.82, 2.24) is 14.6 Å². The van der Waals surface area contributed by atoms with E-state index in [1.807, 2.05) is 42.5 Å². The molecule has 1 fully saturated rings. The maximum Gasteiger partial charge on any atom is 0.159 e. The number of fused-ring (bicyclic) bond motifs is 1. The molecular formula is C17H15ClN4O. The van der Waals surface area contributed by atoms with Gasteiger partial charge in [-0.25, -0.2) is 4.98 Å². The second-order valence-corrected chi connectivity index (χ2v) is 6.20. The highest BCUT2D eigenvalue weighted by Crippen LogP contribution is 2.30. The van der Waals surface area contributed by atoms with Crippen LogP contribution >= 0.6 is 11.6 Å². The number of aromatic nitrogens is 3. The molecule has 0 unspecified atom stereocenters. The number of hydrogen-bond donors (Lipinski definition) is 1. The van der Waals surface area contributed by atoms with Gasteiger partial charge in [-0.05, 0) is 43.2 Å². The smallest absolute Gasteiger partial charge is 0.159 e. The number of carbonyl (C=O) groups excluding carboxylic acids is 1.